The van der Waals surface area contributed by atoms with Crippen LogP contribution in [0.2, 0.25) is 0 Å². The molecule has 0 amide bonds. The third-order valence-electron chi connectivity index (χ3n) is 2.14. The van der Waals surface area contributed by atoms with Crippen LogP contribution in [-0.2, 0) is 0 Å². The third kappa shape index (κ3) is 4.59. The van der Waals surface area contributed by atoms with E-state index >= 15 is 0 Å². The number of hydrogen-bond donors (Lipinski definition) is 3. The Kier molecular flexibility index (Phi) is 5.75. The zero-order valence-corrected chi connectivity index (χ0v) is 9.97. The number of nitrogens with two attached hydrogens (primary N) is 1. The smallest absolute Gasteiger partial charge is 0.153 e. The molecular formula is C13H13N3O3. The molecule has 6 heteroatoms. The van der Waals surface area contributed by atoms with Crippen molar-refractivity contribution in [2.75, 3.05) is 0 Å². The molecule has 0 saturated carbocycles. The van der Waals surface area contributed by atoms with Gasteiger partial charge >= 0.3 is 0 Å². The average molecular weight is 259 g/mol. The summed E-state index contributed by atoms with van der Waals surface area (Å²) in [5, 5.41) is 21.1. The fraction of sp³-hybridized carbons (Fsp3) is 0.0769. The van der Waals surface area contributed by atoms with Crippen LogP contribution < -0.4 is 5.84 Å². The number of carbonyl (C=O) groups excluding carboxylic acids is 1. The standard InChI is InChI=1S/C7H6O2.C6H7N3O/c8-5-6-3-1-2-4-7(6)9;7-9-3-5-1-2-8-4-6(5)10/h1-5,9H;1-2,4,6,10H,7H2. The van der Waals surface area contributed by atoms with Gasteiger partial charge in [-0.1, -0.05) is 12.1 Å². The molecule has 98 valence electrons. The number of hydrogen-bond acceptors (Lipinski definition) is 6. The maximum Gasteiger partial charge on any atom is 0.153 e. The number of nitrogens with zero attached hydrogens (tertiary/aromatic N) is 2. The van der Waals surface area contributed by atoms with E-state index in [1.165, 1.54) is 12.3 Å². The van der Waals surface area contributed by atoms with E-state index in [-0.39, 0.29) is 5.75 Å². The van der Waals surface area contributed by atoms with Gasteiger partial charge in [0.2, 0.25) is 0 Å². The normalized spacial score (nSPS) is 16.1. The van der Waals surface area contributed by atoms with Gasteiger partial charge in [0.05, 0.1) is 11.1 Å². The second-order valence-electron chi connectivity index (χ2n) is 3.43. The quantitative estimate of drug-likeness (QED) is 0.297. The van der Waals surface area contributed by atoms with E-state index < -0.39 is 6.10 Å². The molecule has 0 radical (unpaired) electrons. The second kappa shape index (κ2) is 7.60. The molecule has 0 saturated heterocycles. The molecule has 0 aromatic heterocycles. The number of aromatic hydroxyl groups is 1. The minimum Gasteiger partial charge on any atom is -0.507 e. The highest BCUT2D eigenvalue weighted by Crippen LogP contribution is 2.11. The molecule has 1 unspecified atom stereocenters. The monoisotopic (exact) mass is 259 g/mol. The van der Waals surface area contributed by atoms with E-state index in [0.717, 1.165) is 0 Å². The van der Waals surface area contributed by atoms with Crippen molar-refractivity contribution in [2.45, 2.75) is 6.10 Å². The van der Waals surface area contributed by atoms with Gasteiger partial charge in [-0.25, -0.2) is 0 Å². The summed E-state index contributed by atoms with van der Waals surface area (Å²) in [6.07, 6.45) is 4.42. The number of phenolic OH excluding ortho intramolecular Hbond substituents is 1. The molecule has 6 nitrogen and oxygen atoms in total. The fourth-order valence-corrected chi connectivity index (χ4v) is 1.20. The number of para-hydroxylation sites is 1. The predicted octanol–water partition coefficient (Wildman–Crippen LogP) is 0.620. The number of aldehydes is 1. The average Bonchev–Trinajstić information content (AvgIpc) is 2.43. The summed E-state index contributed by atoms with van der Waals surface area (Å²) in [6, 6.07) is 6.40. The van der Waals surface area contributed by atoms with Gasteiger partial charge in [-0.3, -0.25) is 9.79 Å². The highest BCUT2D eigenvalue weighted by molar-refractivity contribution is 5.79. The molecule has 0 bridgehead atoms. The van der Waals surface area contributed by atoms with E-state index in [0.29, 0.717) is 17.4 Å². The van der Waals surface area contributed by atoms with Crippen molar-refractivity contribution < 1.29 is 15.0 Å². The Morgan fingerprint density at radius 1 is 1.42 bits per heavy atom. The van der Waals surface area contributed by atoms with E-state index in [2.05, 4.69) is 16.0 Å². The number of hydrazone groups is 1. The van der Waals surface area contributed by atoms with E-state index in [9.17, 15) is 4.79 Å². The van der Waals surface area contributed by atoms with Crippen molar-refractivity contribution in [3.63, 3.8) is 0 Å². The van der Waals surface area contributed by atoms with Crippen LogP contribution in [-0.4, -0.2) is 34.7 Å². The fourth-order valence-electron chi connectivity index (χ4n) is 1.20. The summed E-state index contributed by atoms with van der Waals surface area (Å²) in [4.78, 5) is 13.8. The van der Waals surface area contributed by atoms with Crippen molar-refractivity contribution in [1.82, 2.24) is 0 Å². The van der Waals surface area contributed by atoms with Crippen molar-refractivity contribution in [3.8, 4) is 5.75 Å². The minimum atomic E-state index is -0.725. The summed E-state index contributed by atoms with van der Waals surface area (Å²) in [6.45, 7) is 0. The number of phenols is 1. The Morgan fingerprint density at radius 2 is 2.16 bits per heavy atom. The Hall–Kier alpha value is -2.69. The Labute approximate surface area is 109 Å². The number of carbonyl (C=O) groups is 1. The maximum absolute atomic E-state index is 10.1. The molecule has 0 spiro atoms. The number of aliphatic hydroxyl groups excluding tert-OH is 1. The van der Waals surface area contributed by atoms with Crippen molar-refractivity contribution in [3.05, 3.63) is 47.7 Å². The van der Waals surface area contributed by atoms with Gasteiger partial charge in [0, 0.05) is 18.3 Å². The van der Waals surface area contributed by atoms with Gasteiger partial charge in [0.1, 0.15) is 11.9 Å². The number of rotatable bonds is 1. The molecule has 1 aromatic carbocycles. The van der Waals surface area contributed by atoms with E-state index in [1.54, 1.807) is 30.5 Å². The van der Waals surface area contributed by atoms with Gasteiger partial charge in [0.15, 0.2) is 6.29 Å². The summed E-state index contributed by atoms with van der Waals surface area (Å²) >= 11 is 0. The third-order valence-corrected chi connectivity index (χ3v) is 2.14. The lowest BCUT2D eigenvalue weighted by Gasteiger charge is -2.04. The van der Waals surface area contributed by atoms with Crippen LogP contribution in [0.1, 0.15) is 10.4 Å². The van der Waals surface area contributed by atoms with E-state index in [1.807, 2.05) is 0 Å². The highest BCUT2D eigenvalue weighted by atomic mass is 16.3. The van der Waals surface area contributed by atoms with Gasteiger partial charge in [-0.15, -0.1) is 5.10 Å². The summed E-state index contributed by atoms with van der Waals surface area (Å²) in [5.41, 5.74) is 0.856. The van der Waals surface area contributed by atoms with Crippen molar-refractivity contribution >= 4 is 18.4 Å². The topological polar surface area (TPSA) is 108 Å². The lowest BCUT2D eigenvalue weighted by atomic mass is 10.1. The molecule has 1 aliphatic rings. The first kappa shape index (κ1) is 14.4. The van der Waals surface area contributed by atoms with Gasteiger partial charge in [-0.05, 0) is 18.2 Å². The lowest BCUT2D eigenvalue weighted by Crippen LogP contribution is -2.13. The molecule has 1 aliphatic heterocycles. The molecule has 4 N–H and O–H groups in total. The zero-order chi connectivity index (χ0) is 14.1. The number of benzene rings is 1. The van der Waals surface area contributed by atoms with Crippen molar-refractivity contribution in [2.24, 2.45) is 15.9 Å². The number of aliphatic hydroxyl groups is 1. The van der Waals surface area contributed by atoms with Crippen LogP contribution >= 0.6 is 0 Å². The van der Waals surface area contributed by atoms with Crippen molar-refractivity contribution in [1.29, 1.82) is 0 Å². The predicted molar refractivity (Wildman–Crippen MR) is 72.3 cm³/mol. The largest absolute Gasteiger partial charge is 0.507 e. The zero-order valence-electron chi connectivity index (χ0n) is 9.97. The summed E-state index contributed by atoms with van der Waals surface area (Å²) in [7, 11) is 0. The summed E-state index contributed by atoms with van der Waals surface area (Å²) in [5.74, 6) is 7.29. The molecule has 1 atom stereocenters. The minimum absolute atomic E-state index is 0.0347. The number of aliphatic imine (C=N–C) groups is 1. The van der Waals surface area contributed by atoms with Crippen LogP contribution in [0, 0.1) is 0 Å². The first-order chi connectivity index (χ1) is 9.19. The maximum atomic E-state index is 10.1. The van der Waals surface area contributed by atoms with Crippen LogP contribution in [0.25, 0.3) is 0 Å². The lowest BCUT2D eigenvalue weighted by molar-refractivity contribution is 0.112. The molecule has 0 aliphatic carbocycles. The molecule has 2 rings (SSSR count). The van der Waals surface area contributed by atoms with Crippen LogP contribution in [0.4, 0.5) is 0 Å². The van der Waals surface area contributed by atoms with Gasteiger partial charge in [-0.2, -0.15) is 0 Å². The first-order valence-corrected chi connectivity index (χ1v) is 5.33. The molecule has 19 heavy (non-hydrogen) atoms. The molecule has 1 aromatic rings. The Balaban J connectivity index is 0.000000191. The SMILES string of the molecule is NN=C=C1C=CN=CC1O.O=Cc1ccccc1O. The molecular weight excluding hydrogens is 246 g/mol. The highest BCUT2D eigenvalue weighted by Gasteiger charge is 2.06. The molecule has 0 fully saturated rings. The Bertz CT molecular complexity index is 558. The van der Waals surface area contributed by atoms with Gasteiger partial charge < -0.3 is 16.1 Å². The van der Waals surface area contributed by atoms with Gasteiger partial charge in [0.25, 0.3) is 0 Å². The van der Waals surface area contributed by atoms with Crippen LogP contribution in [0.15, 0.2) is 52.2 Å². The van der Waals surface area contributed by atoms with Crippen LogP contribution in [0.5, 0.6) is 5.75 Å². The van der Waals surface area contributed by atoms with E-state index in [4.69, 9.17) is 16.1 Å². The van der Waals surface area contributed by atoms with Crippen LogP contribution in [0.3, 0.4) is 0 Å². The summed E-state index contributed by atoms with van der Waals surface area (Å²) < 4.78 is 0. The molecule has 1 heterocycles. The Morgan fingerprint density at radius 3 is 2.68 bits per heavy atom. The first-order valence-electron chi connectivity index (χ1n) is 5.33. The second-order valence-corrected chi connectivity index (χ2v) is 3.43.